The maximum Gasteiger partial charge on any atom is 0.318 e. The number of carbonyl (C=O) groups is 1. The van der Waals surface area contributed by atoms with Crippen molar-refractivity contribution in [3.05, 3.63) is 102 Å². The molecule has 0 radical (unpaired) electrons. The summed E-state index contributed by atoms with van der Waals surface area (Å²) in [5.41, 5.74) is 3.68. The molecule has 0 saturated carbocycles. The van der Waals surface area contributed by atoms with Crippen LogP contribution in [0.2, 0.25) is 0 Å². The van der Waals surface area contributed by atoms with E-state index in [1.165, 1.54) is 12.8 Å². The third kappa shape index (κ3) is 3.88. The number of benzene rings is 3. The minimum absolute atomic E-state index is 0.150. The van der Waals surface area contributed by atoms with Crippen molar-refractivity contribution in [2.24, 2.45) is 11.8 Å². The summed E-state index contributed by atoms with van der Waals surface area (Å²) in [6.45, 7) is 4.44. The van der Waals surface area contributed by atoms with Crippen molar-refractivity contribution < 1.29 is 14.3 Å². The summed E-state index contributed by atoms with van der Waals surface area (Å²) in [4.78, 5) is 21.5. The molecule has 5 nitrogen and oxygen atoms in total. The number of hydrogen-bond donors (Lipinski definition) is 0. The lowest BCUT2D eigenvalue weighted by Crippen LogP contribution is -2.55. The average Bonchev–Trinajstić information content (AvgIpc) is 2.98. The average molecular weight is 505 g/mol. The number of para-hydroxylation sites is 3. The topological polar surface area (TPSA) is 51.7 Å². The molecule has 0 spiro atoms. The van der Waals surface area contributed by atoms with E-state index in [0.717, 1.165) is 53.0 Å². The number of ether oxygens (including phenoxy) is 2. The van der Waals surface area contributed by atoms with E-state index in [4.69, 9.17) is 9.47 Å². The van der Waals surface area contributed by atoms with Crippen molar-refractivity contribution in [3.8, 4) is 11.5 Å². The molecule has 8 rings (SSSR count). The Labute approximate surface area is 223 Å². The molecule has 5 atom stereocenters. The smallest absolute Gasteiger partial charge is 0.318 e. The van der Waals surface area contributed by atoms with Gasteiger partial charge in [0.05, 0.1) is 11.6 Å². The minimum atomic E-state index is -0.536. The van der Waals surface area contributed by atoms with Crippen LogP contribution in [0.3, 0.4) is 0 Å². The summed E-state index contributed by atoms with van der Waals surface area (Å²) in [6.07, 6.45) is 4.95. The molecule has 0 aliphatic carbocycles. The molecule has 0 N–H and O–H groups in total. The number of carbonyl (C=O) groups excluding carboxylic acids is 1. The molecular formula is C33H32N2O3. The molecule has 4 aromatic rings. The van der Waals surface area contributed by atoms with E-state index in [-0.39, 0.29) is 18.1 Å². The molecule has 2 bridgehead atoms. The normalized spacial score (nSPS) is 24.8. The van der Waals surface area contributed by atoms with Crippen LogP contribution in [-0.4, -0.2) is 35.0 Å². The molecule has 5 heterocycles. The predicted octanol–water partition coefficient (Wildman–Crippen LogP) is 6.88. The number of piperidine rings is 3. The number of nitrogens with zero attached hydrogens (tertiary/aromatic N) is 2. The first kappa shape index (κ1) is 23.4. The monoisotopic (exact) mass is 504 g/mol. The van der Waals surface area contributed by atoms with Crippen molar-refractivity contribution >= 4 is 16.9 Å². The van der Waals surface area contributed by atoms with Gasteiger partial charge in [0.1, 0.15) is 23.5 Å². The standard InChI is InChI=1S/C33H32N2O3/c1-2-21-20-35-18-16-22(21)19-28(35)32(24-15-17-34-27-12-6-3-9-23(24)27)38-33(36)31-25-10-4-7-13-29(25)37-30-14-8-5-11-26(30)31/h3-15,17,21-22,28,31-32H,2,16,18-20H2,1H3/t21-,22+,28+,32-/m0/s1. The molecule has 192 valence electrons. The zero-order chi connectivity index (χ0) is 25.6. The van der Waals surface area contributed by atoms with Gasteiger partial charge in [-0.1, -0.05) is 67.9 Å². The van der Waals surface area contributed by atoms with E-state index in [2.05, 4.69) is 22.9 Å². The van der Waals surface area contributed by atoms with Gasteiger partial charge in [-0.3, -0.25) is 14.7 Å². The van der Waals surface area contributed by atoms with Crippen molar-refractivity contribution in [2.45, 2.75) is 44.2 Å². The first-order chi connectivity index (χ1) is 18.7. The molecule has 3 aromatic carbocycles. The Morgan fingerprint density at radius 1 is 1.00 bits per heavy atom. The highest BCUT2D eigenvalue weighted by atomic mass is 16.5. The van der Waals surface area contributed by atoms with Gasteiger partial charge < -0.3 is 9.47 Å². The first-order valence-electron chi connectivity index (χ1n) is 13.8. The summed E-state index contributed by atoms with van der Waals surface area (Å²) in [7, 11) is 0. The number of hydrogen-bond acceptors (Lipinski definition) is 5. The summed E-state index contributed by atoms with van der Waals surface area (Å²) >= 11 is 0. The minimum Gasteiger partial charge on any atom is -0.457 e. The molecular weight excluding hydrogens is 472 g/mol. The molecule has 1 unspecified atom stereocenters. The summed E-state index contributed by atoms with van der Waals surface area (Å²) in [5, 5.41) is 1.05. The van der Waals surface area contributed by atoms with Gasteiger partial charge in [0.15, 0.2) is 0 Å². The van der Waals surface area contributed by atoms with Crippen molar-refractivity contribution in [1.29, 1.82) is 0 Å². The van der Waals surface area contributed by atoms with Gasteiger partial charge in [0, 0.05) is 34.8 Å². The Morgan fingerprint density at radius 3 is 2.42 bits per heavy atom. The first-order valence-corrected chi connectivity index (χ1v) is 13.8. The molecule has 4 aliphatic rings. The largest absolute Gasteiger partial charge is 0.457 e. The Bertz CT molecular complexity index is 1450. The fraction of sp³-hybridized carbons (Fsp3) is 0.333. The van der Waals surface area contributed by atoms with Crippen molar-refractivity contribution in [3.63, 3.8) is 0 Å². The highest BCUT2D eigenvalue weighted by molar-refractivity contribution is 5.87. The Hall–Kier alpha value is -3.70. The second kappa shape index (κ2) is 9.55. The fourth-order valence-corrected chi connectivity index (χ4v) is 7.03. The van der Waals surface area contributed by atoms with Gasteiger partial charge in [-0.25, -0.2) is 0 Å². The van der Waals surface area contributed by atoms with Crippen LogP contribution in [0.25, 0.3) is 10.9 Å². The summed E-state index contributed by atoms with van der Waals surface area (Å²) < 4.78 is 12.9. The van der Waals surface area contributed by atoms with Crippen LogP contribution in [0, 0.1) is 11.8 Å². The third-order valence-corrected chi connectivity index (χ3v) is 8.96. The second-order valence-electron chi connectivity index (χ2n) is 10.9. The predicted molar refractivity (Wildman–Crippen MR) is 147 cm³/mol. The molecule has 3 fully saturated rings. The summed E-state index contributed by atoms with van der Waals surface area (Å²) in [6, 6.07) is 26.0. The Kier molecular flexibility index (Phi) is 5.89. The molecule has 0 amide bonds. The third-order valence-electron chi connectivity index (χ3n) is 8.96. The summed E-state index contributed by atoms with van der Waals surface area (Å²) in [5.74, 6) is 2.06. The number of aromatic nitrogens is 1. The highest BCUT2D eigenvalue weighted by Crippen LogP contribution is 2.47. The van der Waals surface area contributed by atoms with E-state index in [9.17, 15) is 4.79 Å². The number of rotatable bonds is 5. The highest BCUT2D eigenvalue weighted by Gasteiger charge is 2.45. The lowest BCUT2D eigenvalue weighted by molar-refractivity contribution is -0.159. The zero-order valence-corrected chi connectivity index (χ0v) is 21.6. The molecule has 1 aromatic heterocycles. The molecule has 5 heteroatoms. The van der Waals surface area contributed by atoms with Crippen LogP contribution in [0.5, 0.6) is 11.5 Å². The second-order valence-corrected chi connectivity index (χ2v) is 10.9. The van der Waals surface area contributed by atoms with Crippen LogP contribution in [0.15, 0.2) is 85.1 Å². The van der Waals surface area contributed by atoms with Gasteiger partial charge in [-0.05, 0) is 55.5 Å². The Balaban J connectivity index is 1.31. The van der Waals surface area contributed by atoms with Crippen LogP contribution in [0.4, 0.5) is 0 Å². The molecule has 38 heavy (non-hydrogen) atoms. The molecule has 4 aliphatic heterocycles. The quantitative estimate of drug-likeness (QED) is 0.277. The maximum atomic E-state index is 14.3. The van der Waals surface area contributed by atoms with Crippen LogP contribution in [-0.2, 0) is 9.53 Å². The molecule has 3 saturated heterocycles. The van der Waals surface area contributed by atoms with E-state index in [1.54, 1.807) is 0 Å². The van der Waals surface area contributed by atoms with Crippen molar-refractivity contribution in [1.82, 2.24) is 9.88 Å². The van der Waals surface area contributed by atoms with Crippen LogP contribution in [0.1, 0.15) is 54.9 Å². The number of pyridine rings is 1. The Morgan fingerprint density at radius 2 is 1.71 bits per heavy atom. The van der Waals surface area contributed by atoms with Crippen molar-refractivity contribution in [2.75, 3.05) is 13.1 Å². The zero-order valence-electron chi connectivity index (χ0n) is 21.6. The van der Waals surface area contributed by atoms with Gasteiger partial charge in [-0.2, -0.15) is 0 Å². The van der Waals surface area contributed by atoms with E-state index in [0.29, 0.717) is 17.4 Å². The van der Waals surface area contributed by atoms with Crippen LogP contribution >= 0.6 is 0 Å². The fourth-order valence-electron chi connectivity index (χ4n) is 7.03. The number of esters is 1. The SMILES string of the molecule is CC[C@H]1CN2CC[C@@H]1C[C@@H]2[C@@H](OC(=O)C1c2ccccc2Oc2ccccc21)c1ccnc2ccccc12. The maximum absolute atomic E-state index is 14.3. The lowest BCUT2D eigenvalue weighted by atomic mass is 9.72. The lowest BCUT2D eigenvalue weighted by Gasteiger charge is -2.52. The van der Waals surface area contributed by atoms with Gasteiger partial charge in [-0.15, -0.1) is 0 Å². The van der Waals surface area contributed by atoms with E-state index in [1.807, 2.05) is 79.0 Å². The van der Waals surface area contributed by atoms with E-state index < -0.39 is 5.92 Å². The number of fused-ring (bicyclic) bond motifs is 6. The van der Waals surface area contributed by atoms with E-state index >= 15 is 0 Å². The van der Waals surface area contributed by atoms with Gasteiger partial charge >= 0.3 is 5.97 Å². The van der Waals surface area contributed by atoms with Crippen LogP contribution < -0.4 is 4.74 Å². The van der Waals surface area contributed by atoms with Gasteiger partial charge in [0.25, 0.3) is 0 Å². The van der Waals surface area contributed by atoms with Gasteiger partial charge in [0.2, 0.25) is 0 Å².